The monoisotopic (exact) mass is 384 g/mol. The smallest absolute Gasteiger partial charge is 0.130 e. The summed E-state index contributed by atoms with van der Waals surface area (Å²) in [5.74, 6) is 1.92. The van der Waals surface area contributed by atoms with Crippen molar-refractivity contribution >= 4 is 59.1 Å². The van der Waals surface area contributed by atoms with Crippen LogP contribution in [0.5, 0.6) is 11.5 Å². The van der Waals surface area contributed by atoms with Crippen LogP contribution in [0.2, 0.25) is 0 Å². The van der Waals surface area contributed by atoms with Crippen molar-refractivity contribution in [3.05, 3.63) is 60.2 Å². The molecule has 138 valence electrons. The van der Waals surface area contributed by atoms with Crippen LogP contribution in [-0.4, -0.2) is 59.1 Å². The van der Waals surface area contributed by atoms with E-state index in [0.29, 0.717) is 0 Å². The van der Waals surface area contributed by atoms with Gasteiger partial charge in [-0.05, 0) is 36.6 Å². The molecule has 0 heterocycles. The second kappa shape index (κ2) is 18.3. The minimum Gasteiger partial charge on any atom is -0.457 e. The van der Waals surface area contributed by atoms with E-state index < -0.39 is 0 Å². The second-order valence-electron chi connectivity index (χ2n) is 6.95. The van der Waals surface area contributed by atoms with Gasteiger partial charge < -0.3 is 4.74 Å². The summed E-state index contributed by atoms with van der Waals surface area (Å²) in [7, 11) is 0. The van der Waals surface area contributed by atoms with E-state index in [4.69, 9.17) is 4.74 Å². The predicted molar refractivity (Wildman–Crippen MR) is 120 cm³/mol. The predicted octanol–water partition coefficient (Wildman–Crippen LogP) is 7.18. The topological polar surface area (TPSA) is 9.23 Å². The Morgan fingerprint density at radius 1 is 0.593 bits per heavy atom. The quantitative estimate of drug-likeness (QED) is 0.262. The molecule has 2 aromatic carbocycles. The maximum Gasteiger partial charge on any atom is 0.130 e. The van der Waals surface area contributed by atoms with Gasteiger partial charge in [-0.1, -0.05) is 101 Å². The number of ether oxygens (including phenoxy) is 1. The van der Waals surface area contributed by atoms with E-state index >= 15 is 0 Å². The van der Waals surface area contributed by atoms with Crippen LogP contribution >= 0.6 is 0 Å². The van der Waals surface area contributed by atoms with Gasteiger partial charge in [0.15, 0.2) is 0 Å². The molecule has 2 radical (unpaired) electrons. The summed E-state index contributed by atoms with van der Waals surface area (Å²) in [6, 6.07) is 18.5. The van der Waals surface area contributed by atoms with Crippen LogP contribution in [-0.2, 0) is 6.42 Å². The number of hydrogen-bond donors (Lipinski definition) is 0. The van der Waals surface area contributed by atoms with E-state index in [1.165, 1.54) is 69.8 Å². The molecule has 0 aliphatic heterocycles. The first-order valence-corrected chi connectivity index (χ1v) is 10.2. The van der Waals surface area contributed by atoms with Crippen molar-refractivity contribution in [3.63, 3.8) is 0 Å². The largest absolute Gasteiger partial charge is 0.457 e. The summed E-state index contributed by atoms with van der Waals surface area (Å²) in [4.78, 5) is 0. The van der Waals surface area contributed by atoms with E-state index in [0.717, 1.165) is 17.9 Å². The van der Waals surface area contributed by atoms with E-state index in [1.54, 1.807) is 0 Å². The number of unbranched alkanes of at least 4 members (excludes halogenated alkanes) is 9. The molecule has 0 amide bonds. The fourth-order valence-electron chi connectivity index (χ4n) is 3.23. The van der Waals surface area contributed by atoms with Gasteiger partial charge in [0.25, 0.3) is 0 Å². The molecule has 0 saturated carbocycles. The van der Waals surface area contributed by atoms with Gasteiger partial charge in [0.1, 0.15) is 11.5 Å². The van der Waals surface area contributed by atoms with E-state index in [9.17, 15) is 0 Å². The van der Waals surface area contributed by atoms with Crippen molar-refractivity contribution in [2.24, 2.45) is 0 Å². The van der Waals surface area contributed by atoms with Crippen LogP contribution in [0.3, 0.4) is 0 Å². The molecule has 0 aromatic heterocycles. The minimum atomic E-state index is 0. The van der Waals surface area contributed by atoms with E-state index in [2.05, 4.69) is 31.2 Å². The number of aryl methyl sites for hydroxylation is 1. The average Bonchev–Trinajstić information content (AvgIpc) is 2.65. The molecular formula is C24H34Na2O. The fraction of sp³-hybridized carbons (Fsp3) is 0.500. The van der Waals surface area contributed by atoms with Gasteiger partial charge in [-0.15, -0.1) is 0 Å². The minimum absolute atomic E-state index is 0. The van der Waals surface area contributed by atoms with Gasteiger partial charge in [0, 0.05) is 59.1 Å². The molecule has 2 rings (SSSR count). The van der Waals surface area contributed by atoms with Crippen LogP contribution in [0.4, 0.5) is 0 Å². The Kier molecular flexibility index (Phi) is 18.4. The first kappa shape index (κ1) is 27.2. The Labute approximate surface area is 211 Å². The Balaban J connectivity index is 0.00000338. The fourth-order valence-corrected chi connectivity index (χ4v) is 3.23. The molecule has 1 nitrogen and oxygen atoms in total. The van der Waals surface area contributed by atoms with Gasteiger partial charge >= 0.3 is 0 Å². The maximum absolute atomic E-state index is 6.05. The van der Waals surface area contributed by atoms with Gasteiger partial charge in [0.2, 0.25) is 0 Å². The van der Waals surface area contributed by atoms with Crippen molar-refractivity contribution in [2.45, 2.75) is 77.6 Å². The van der Waals surface area contributed by atoms with Crippen molar-refractivity contribution in [3.8, 4) is 11.5 Å². The number of benzene rings is 2. The first-order valence-electron chi connectivity index (χ1n) is 10.2. The Hall–Kier alpha value is 0.240. The summed E-state index contributed by atoms with van der Waals surface area (Å²) >= 11 is 0. The van der Waals surface area contributed by atoms with Gasteiger partial charge in [0.05, 0.1) is 0 Å². The molecule has 0 saturated heterocycles. The van der Waals surface area contributed by atoms with Crippen molar-refractivity contribution < 1.29 is 4.74 Å². The summed E-state index contributed by atoms with van der Waals surface area (Å²) in [5.41, 5.74) is 1.32. The number of hydrogen-bond acceptors (Lipinski definition) is 1. The summed E-state index contributed by atoms with van der Waals surface area (Å²) in [6.45, 7) is 2.28. The zero-order chi connectivity index (χ0) is 17.6. The molecule has 0 N–H and O–H groups in total. The van der Waals surface area contributed by atoms with Crippen molar-refractivity contribution in [1.82, 2.24) is 0 Å². The third kappa shape index (κ3) is 12.4. The SMILES string of the molecule is CCCCCCCCCCCCc1ccccc1Oc1ccccc1.[Na].[Na]. The number of para-hydroxylation sites is 2. The van der Waals surface area contributed by atoms with Gasteiger partial charge in [-0.2, -0.15) is 0 Å². The maximum atomic E-state index is 6.05. The third-order valence-electron chi connectivity index (χ3n) is 4.74. The second-order valence-corrected chi connectivity index (χ2v) is 6.95. The molecule has 0 aliphatic carbocycles. The average molecular weight is 385 g/mol. The summed E-state index contributed by atoms with van der Waals surface area (Å²) in [6.07, 6.45) is 14.9. The standard InChI is InChI=1S/C24H34O.2Na/c1-2-3-4-5-6-7-8-9-10-12-17-22-18-15-16-21-24(22)25-23-19-13-11-14-20-23;;/h11,13-16,18-21H,2-10,12,17H2,1H3;;. The molecule has 0 spiro atoms. The molecule has 0 aliphatic rings. The zero-order valence-corrected chi connectivity index (χ0v) is 21.9. The summed E-state index contributed by atoms with van der Waals surface area (Å²) in [5, 5.41) is 0. The Morgan fingerprint density at radius 3 is 1.74 bits per heavy atom. The molecule has 0 fully saturated rings. The van der Waals surface area contributed by atoms with Crippen molar-refractivity contribution in [1.29, 1.82) is 0 Å². The van der Waals surface area contributed by atoms with Crippen LogP contribution in [0.25, 0.3) is 0 Å². The Morgan fingerprint density at radius 2 is 1.11 bits per heavy atom. The molecule has 3 heteroatoms. The molecule has 0 unspecified atom stereocenters. The zero-order valence-electron chi connectivity index (χ0n) is 17.9. The summed E-state index contributed by atoms with van der Waals surface area (Å²) < 4.78 is 6.05. The first-order chi connectivity index (χ1) is 12.4. The van der Waals surface area contributed by atoms with Crippen LogP contribution in [0.1, 0.15) is 76.7 Å². The van der Waals surface area contributed by atoms with E-state index in [-0.39, 0.29) is 59.1 Å². The molecule has 27 heavy (non-hydrogen) atoms. The number of rotatable bonds is 13. The molecule has 0 bridgehead atoms. The normalized spacial score (nSPS) is 9.96. The van der Waals surface area contributed by atoms with Crippen LogP contribution < -0.4 is 4.74 Å². The van der Waals surface area contributed by atoms with Crippen LogP contribution in [0.15, 0.2) is 54.6 Å². The molecular weight excluding hydrogens is 350 g/mol. The molecule has 0 atom stereocenters. The van der Waals surface area contributed by atoms with Crippen molar-refractivity contribution in [2.75, 3.05) is 0 Å². The van der Waals surface area contributed by atoms with E-state index in [1.807, 2.05) is 30.3 Å². The third-order valence-corrected chi connectivity index (χ3v) is 4.74. The van der Waals surface area contributed by atoms with Gasteiger partial charge in [-0.3, -0.25) is 0 Å². The Bertz CT molecular complexity index is 572. The molecule has 2 aromatic rings. The van der Waals surface area contributed by atoms with Crippen LogP contribution in [0, 0.1) is 0 Å². The van der Waals surface area contributed by atoms with Gasteiger partial charge in [-0.25, -0.2) is 0 Å².